The van der Waals surface area contributed by atoms with Crippen LogP contribution in [0.4, 0.5) is 0 Å². The van der Waals surface area contributed by atoms with Gasteiger partial charge in [0.2, 0.25) is 0 Å². The lowest BCUT2D eigenvalue weighted by Gasteiger charge is -2.21. The number of rotatable bonds is 3. The van der Waals surface area contributed by atoms with Crippen molar-refractivity contribution < 1.29 is 0 Å². The fourth-order valence-corrected chi connectivity index (χ4v) is 1.39. The van der Waals surface area contributed by atoms with E-state index in [0.717, 1.165) is 6.54 Å². The van der Waals surface area contributed by atoms with E-state index in [1.807, 2.05) is 0 Å². The summed E-state index contributed by atoms with van der Waals surface area (Å²) in [5.41, 5.74) is 0. The van der Waals surface area contributed by atoms with Crippen molar-refractivity contribution in [3.05, 3.63) is 24.3 Å². The van der Waals surface area contributed by atoms with Gasteiger partial charge in [0.15, 0.2) is 0 Å². The van der Waals surface area contributed by atoms with E-state index in [9.17, 15) is 0 Å². The highest BCUT2D eigenvalue weighted by Crippen LogP contribution is 2.17. The second-order valence-corrected chi connectivity index (χ2v) is 3.86. The van der Waals surface area contributed by atoms with Crippen molar-refractivity contribution in [2.45, 2.75) is 26.8 Å². The average Bonchev–Trinajstić information content (AvgIpc) is 2.03. The van der Waals surface area contributed by atoms with Crippen molar-refractivity contribution in [2.75, 3.05) is 6.54 Å². The van der Waals surface area contributed by atoms with E-state index in [-0.39, 0.29) is 0 Å². The third-order valence-electron chi connectivity index (χ3n) is 2.32. The molecule has 1 N–H and O–H groups in total. The van der Waals surface area contributed by atoms with Crippen LogP contribution in [-0.2, 0) is 0 Å². The lowest BCUT2D eigenvalue weighted by atomic mass is 9.90. The van der Waals surface area contributed by atoms with Gasteiger partial charge in [0, 0.05) is 12.6 Å². The summed E-state index contributed by atoms with van der Waals surface area (Å²) in [6.45, 7) is 7.74. The van der Waals surface area contributed by atoms with Gasteiger partial charge in [-0.15, -0.1) is 0 Å². The van der Waals surface area contributed by atoms with Crippen LogP contribution in [0.1, 0.15) is 20.8 Å². The Balaban J connectivity index is 2.32. The third-order valence-corrected chi connectivity index (χ3v) is 2.32. The van der Waals surface area contributed by atoms with Crippen molar-refractivity contribution in [1.82, 2.24) is 5.32 Å². The predicted octanol–water partition coefficient (Wildman–Crippen LogP) is 2.36. The molecule has 0 fully saturated rings. The smallest absolute Gasteiger partial charge is 0.00222 e. The Morgan fingerprint density at radius 2 is 1.92 bits per heavy atom. The molecule has 2 atom stereocenters. The highest BCUT2D eigenvalue weighted by molar-refractivity contribution is 5.13. The molecule has 0 aromatic rings. The molecule has 0 heterocycles. The Morgan fingerprint density at radius 3 is 2.50 bits per heavy atom. The first-order valence-corrected chi connectivity index (χ1v) is 4.78. The van der Waals surface area contributed by atoms with Crippen LogP contribution in [0.5, 0.6) is 0 Å². The zero-order valence-electron chi connectivity index (χ0n) is 8.25. The van der Waals surface area contributed by atoms with Crippen molar-refractivity contribution in [3.8, 4) is 0 Å². The molecule has 2 unspecified atom stereocenters. The van der Waals surface area contributed by atoms with Crippen LogP contribution in [0.3, 0.4) is 0 Å². The maximum absolute atomic E-state index is 3.46. The van der Waals surface area contributed by atoms with Gasteiger partial charge in [-0.3, -0.25) is 0 Å². The lowest BCUT2D eigenvalue weighted by Crippen LogP contribution is -2.31. The van der Waals surface area contributed by atoms with Gasteiger partial charge in [-0.25, -0.2) is 0 Å². The SMILES string of the molecule is CC(C)NCC1C=CC=CC1C. The second kappa shape index (κ2) is 4.46. The molecule has 1 aliphatic rings. The molecule has 0 aliphatic heterocycles. The molecule has 0 bridgehead atoms. The Labute approximate surface area is 75.6 Å². The maximum atomic E-state index is 3.46. The summed E-state index contributed by atoms with van der Waals surface area (Å²) in [5, 5.41) is 3.46. The van der Waals surface area contributed by atoms with Crippen LogP contribution in [0.25, 0.3) is 0 Å². The molecular formula is C11H19N. The fraction of sp³-hybridized carbons (Fsp3) is 0.636. The highest BCUT2D eigenvalue weighted by Gasteiger charge is 2.13. The van der Waals surface area contributed by atoms with E-state index < -0.39 is 0 Å². The van der Waals surface area contributed by atoms with Crippen LogP contribution in [0.15, 0.2) is 24.3 Å². The second-order valence-electron chi connectivity index (χ2n) is 3.86. The van der Waals surface area contributed by atoms with E-state index in [4.69, 9.17) is 0 Å². The highest BCUT2D eigenvalue weighted by atomic mass is 14.9. The zero-order chi connectivity index (χ0) is 8.97. The molecule has 0 saturated carbocycles. The molecule has 0 radical (unpaired) electrons. The molecule has 1 nitrogen and oxygen atoms in total. The van der Waals surface area contributed by atoms with Gasteiger partial charge in [0.1, 0.15) is 0 Å². The van der Waals surface area contributed by atoms with Gasteiger partial charge >= 0.3 is 0 Å². The number of hydrogen-bond acceptors (Lipinski definition) is 1. The summed E-state index contributed by atoms with van der Waals surface area (Å²) in [7, 11) is 0. The summed E-state index contributed by atoms with van der Waals surface area (Å²) >= 11 is 0. The first-order chi connectivity index (χ1) is 5.70. The molecule has 0 aromatic heterocycles. The van der Waals surface area contributed by atoms with Gasteiger partial charge in [0.05, 0.1) is 0 Å². The number of allylic oxidation sites excluding steroid dienone is 3. The van der Waals surface area contributed by atoms with Crippen molar-refractivity contribution in [3.63, 3.8) is 0 Å². The monoisotopic (exact) mass is 165 g/mol. The molecule has 1 heteroatoms. The van der Waals surface area contributed by atoms with Crippen LogP contribution < -0.4 is 5.32 Å². The molecule has 1 rings (SSSR count). The average molecular weight is 165 g/mol. The Morgan fingerprint density at radius 1 is 1.25 bits per heavy atom. The number of hydrogen-bond donors (Lipinski definition) is 1. The summed E-state index contributed by atoms with van der Waals surface area (Å²) in [6.07, 6.45) is 8.84. The number of nitrogens with one attached hydrogen (secondary N) is 1. The zero-order valence-corrected chi connectivity index (χ0v) is 8.25. The minimum absolute atomic E-state index is 0.594. The molecular weight excluding hydrogens is 146 g/mol. The first-order valence-electron chi connectivity index (χ1n) is 4.78. The van der Waals surface area contributed by atoms with E-state index in [1.54, 1.807) is 0 Å². The van der Waals surface area contributed by atoms with Crippen molar-refractivity contribution in [1.29, 1.82) is 0 Å². The van der Waals surface area contributed by atoms with Gasteiger partial charge in [0.25, 0.3) is 0 Å². The van der Waals surface area contributed by atoms with E-state index >= 15 is 0 Å². The van der Waals surface area contributed by atoms with Crippen molar-refractivity contribution in [2.24, 2.45) is 11.8 Å². The molecule has 68 valence electrons. The maximum Gasteiger partial charge on any atom is 0.00222 e. The predicted molar refractivity (Wildman–Crippen MR) is 54.1 cm³/mol. The standard InChI is InChI=1S/C11H19N/c1-9(2)12-8-11-7-5-4-6-10(11)3/h4-7,9-12H,8H2,1-3H3. The van der Waals surface area contributed by atoms with Crippen LogP contribution in [0, 0.1) is 11.8 Å². The molecule has 0 amide bonds. The van der Waals surface area contributed by atoms with Crippen LogP contribution in [0.2, 0.25) is 0 Å². The molecule has 1 aliphatic carbocycles. The summed E-state index contributed by atoms with van der Waals surface area (Å²) in [4.78, 5) is 0. The van der Waals surface area contributed by atoms with Crippen molar-refractivity contribution >= 4 is 0 Å². The summed E-state index contributed by atoms with van der Waals surface area (Å²) < 4.78 is 0. The third kappa shape index (κ3) is 2.82. The Hall–Kier alpha value is -0.560. The molecule has 0 aromatic carbocycles. The summed E-state index contributed by atoms with van der Waals surface area (Å²) in [5.74, 6) is 1.36. The van der Waals surface area contributed by atoms with Gasteiger partial charge < -0.3 is 5.32 Å². The van der Waals surface area contributed by atoms with Crippen LogP contribution in [-0.4, -0.2) is 12.6 Å². The minimum atomic E-state index is 0.594. The van der Waals surface area contributed by atoms with E-state index in [2.05, 4.69) is 50.4 Å². The molecule has 0 spiro atoms. The summed E-state index contributed by atoms with van der Waals surface area (Å²) in [6, 6.07) is 0.594. The largest absolute Gasteiger partial charge is 0.314 e. The van der Waals surface area contributed by atoms with Gasteiger partial charge in [-0.1, -0.05) is 45.1 Å². The minimum Gasteiger partial charge on any atom is -0.314 e. The Bertz CT molecular complexity index is 179. The molecule has 12 heavy (non-hydrogen) atoms. The van der Waals surface area contributed by atoms with Gasteiger partial charge in [-0.05, 0) is 11.8 Å². The quantitative estimate of drug-likeness (QED) is 0.677. The Kier molecular flexibility index (Phi) is 3.54. The lowest BCUT2D eigenvalue weighted by molar-refractivity contribution is 0.441. The first kappa shape index (κ1) is 9.53. The van der Waals surface area contributed by atoms with E-state index in [0.29, 0.717) is 17.9 Å². The molecule has 0 saturated heterocycles. The topological polar surface area (TPSA) is 12.0 Å². The van der Waals surface area contributed by atoms with Crippen LogP contribution >= 0.6 is 0 Å². The van der Waals surface area contributed by atoms with E-state index in [1.165, 1.54) is 0 Å². The van der Waals surface area contributed by atoms with Gasteiger partial charge in [-0.2, -0.15) is 0 Å². The fourth-order valence-electron chi connectivity index (χ4n) is 1.39. The normalized spacial score (nSPS) is 28.3.